The predicted octanol–water partition coefficient (Wildman–Crippen LogP) is 5.41. The summed E-state index contributed by atoms with van der Waals surface area (Å²) in [6.07, 6.45) is 4.13. The Balaban J connectivity index is 1.97. The first-order valence-corrected chi connectivity index (χ1v) is 9.98. The van der Waals surface area contributed by atoms with Crippen molar-refractivity contribution in [3.8, 4) is 28.3 Å². The number of hydrogen-bond donors (Lipinski definition) is 0. The number of benzene rings is 2. The third-order valence-corrected chi connectivity index (χ3v) is 5.41. The van der Waals surface area contributed by atoms with Gasteiger partial charge in [-0.1, -0.05) is 12.1 Å². The van der Waals surface area contributed by atoms with Crippen LogP contribution >= 0.6 is 11.8 Å². The van der Waals surface area contributed by atoms with Crippen molar-refractivity contribution in [3.05, 3.63) is 66.0 Å². The van der Waals surface area contributed by atoms with E-state index in [1.165, 1.54) is 4.90 Å². The molecule has 0 atom stereocenters. The standard InChI is InChI=1S/C22H21N3OS/c1-14-13-17(7-10-19(14)26-3)20-21(16-5-8-18(27-4)9-6-16)25-12-11-15(2)23-22(25)24-20/h5-13H,1-4H3. The highest BCUT2D eigenvalue weighted by molar-refractivity contribution is 7.98. The lowest BCUT2D eigenvalue weighted by atomic mass is 10.0. The second-order valence-corrected chi connectivity index (χ2v) is 7.34. The maximum absolute atomic E-state index is 5.41. The van der Waals surface area contributed by atoms with Gasteiger partial charge in [-0.15, -0.1) is 11.8 Å². The number of methoxy groups -OCH3 is 1. The minimum Gasteiger partial charge on any atom is -0.496 e. The molecule has 2 heterocycles. The van der Waals surface area contributed by atoms with Gasteiger partial charge >= 0.3 is 0 Å². The van der Waals surface area contributed by atoms with Crippen LogP contribution in [0.3, 0.4) is 0 Å². The Kier molecular flexibility index (Phi) is 4.62. The zero-order valence-corrected chi connectivity index (χ0v) is 16.7. The number of aryl methyl sites for hydroxylation is 2. The Bertz CT molecular complexity index is 1120. The highest BCUT2D eigenvalue weighted by Crippen LogP contribution is 2.35. The minimum absolute atomic E-state index is 0.711. The number of rotatable bonds is 4. The zero-order chi connectivity index (χ0) is 19.0. The number of nitrogens with zero attached hydrogens (tertiary/aromatic N) is 3. The first-order valence-electron chi connectivity index (χ1n) is 8.76. The van der Waals surface area contributed by atoms with Gasteiger partial charge in [-0.2, -0.15) is 0 Å². The summed E-state index contributed by atoms with van der Waals surface area (Å²) in [5.74, 6) is 1.59. The molecule has 4 aromatic rings. The highest BCUT2D eigenvalue weighted by atomic mass is 32.2. The monoisotopic (exact) mass is 375 g/mol. The molecular weight excluding hydrogens is 354 g/mol. The van der Waals surface area contributed by atoms with Crippen molar-refractivity contribution >= 4 is 17.5 Å². The molecule has 0 bridgehead atoms. The fraction of sp³-hybridized carbons (Fsp3) is 0.182. The topological polar surface area (TPSA) is 39.4 Å². The summed E-state index contributed by atoms with van der Waals surface area (Å²) < 4.78 is 7.48. The van der Waals surface area contributed by atoms with E-state index in [9.17, 15) is 0 Å². The molecule has 2 aromatic carbocycles. The van der Waals surface area contributed by atoms with E-state index in [1.807, 2.05) is 32.2 Å². The average Bonchev–Trinajstić information content (AvgIpc) is 3.06. The molecule has 0 amide bonds. The number of imidazole rings is 1. The molecule has 0 fully saturated rings. The quantitative estimate of drug-likeness (QED) is 0.447. The lowest BCUT2D eigenvalue weighted by Crippen LogP contribution is -1.93. The number of fused-ring (bicyclic) bond motifs is 1. The zero-order valence-electron chi connectivity index (χ0n) is 15.9. The van der Waals surface area contributed by atoms with E-state index in [-0.39, 0.29) is 0 Å². The summed E-state index contributed by atoms with van der Waals surface area (Å²) in [7, 11) is 1.69. The third-order valence-electron chi connectivity index (χ3n) is 4.67. The van der Waals surface area contributed by atoms with Gasteiger partial charge in [0.05, 0.1) is 18.5 Å². The molecule has 4 nitrogen and oxygen atoms in total. The molecule has 0 N–H and O–H groups in total. The molecule has 0 spiro atoms. The Hall–Kier alpha value is -2.79. The van der Waals surface area contributed by atoms with Gasteiger partial charge in [-0.05, 0) is 62.1 Å². The van der Waals surface area contributed by atoms with Gasteiger partial charge in [0.15, 0.2) is 0 Å². The van der Waals surface area contributed by atoms with Gasteiger partial charge in [0, 0.05) is 27.9 Å². The molecular formula is C22H21N3OS. The fourth-order valence-electron chi connectivity index (χ4n) is 3.27. The molecule has 136 valence electrons. The molecule has 0 radical (unpaired) electrons. The van der Waals surface area contributed by atoms with Crippen molar-refractivity contribution in [1.82, 2.24) is 14.4 Å². The molecule has 0 saturated heterocycles. The molecule has 0 aliphatic heterocycles. The van der Waals surface area contributed by atoms with Crippen LogP contribution in [0.4, 0.5) is 0 Å². The molecule has 5 heteroatoms. The number of hydrogen-bond acceptors (Lipinski definition) is 4. The van der Waals surface area contributed by atoms with E-state index < -0.39 is 0 Å². The Morgan fingerprint density at radius 1 is 0.926 bits per heavy atom. The second kappa shape index (κ2) is 7.08. The first-order chi connectivity index (χ1) is 13.1. The highest BCUT2D eigenvalue weighted by Gasteiger charge is 2.17. The van der Waals surface area contributed by atoms with Crippen LogP contribution in [0.5, 0.6) is 5.75 Å². The molecule has 27 heavy (non-hydrogen) atoms. The number of ether oxygens (including phenoxy) is 1. The second-order valence-electron chi connectivity index (χ2n) is 6.46. The Morgan fingerprint density at radius 3 is 2.33 bits per heavy atom. The average molecular weight is 375 g/mol. The fourth-order valence-corrected chi connectivity index (χ4v) is 3.68. The predicted molar refractivity (Wildman–Crippen MR) is 112 cm³/mol. The van der Waals surface area contributed by atoms with Crippen molar-refractivity contribution in [2.45, 2.75) is 18.7 Å². The van der Waals surface area contributed by atoms with Crippen molar-refractivity contribution in [1.29, 1.82) is 0 Å². The van der Waals surface area contributed by atoms with Crippen LogP contribution in [0.15, 0.2) is 59.6 Å². The smallest absolute Gasteiger partial charge is 0.235 e. The Labute approximate surface area is 163 Å². The largest absolute Gasteiger partial charge is 0.496 e. The van der Waals surface area contributed by atoms with E-state index in [0.717, 1.165) is 39.5 Å². The van der Waals surface area contributed by atoms with Crippen LogP contribution in [-0.4, -0.2) is 27.7 Å². The summed E-state index contributed by atoms with van der Waals surface area (Å²) in [6, 6.07) is 16.8. The van der Waals surface area contributed by atoms with E-state index in [4.69, 9.17) is 9.72 Å². The van der Waals surface area contributed by atoms with Crippen LogP contribution in [-0.2, 0) is 0 Å². The van der Waals surface area contributed by atoms with Gasteiger partial charge in [0.25, 0.3) is 0 Å². The van der Waals surface area contributed by atoms with Crippen molar-refractivity contribution in [3.63, 3.8) is 0 Å². The van der Waals surface area contributed by atoms with E-state index in [2.05, 4.69) is 52.0 Å². The van der Waals surface area contributed by atoms with Crippen LogP contribution in [0.2, 0.25) is 0 Å². The summed E-state index contributed by atoms with van der Waals surface area (Å²) in [6.45, 7) is 4.03. The number of thioether (sulfide) groups is 1. The lowest BCUT2D eigenvalue weighted by Gasteiger charge is -2.09. The molecule has 4 rings (SSSR count). The van der Waals surface area contributed by atoms with Crippen LogP contribution in [0.25, 0.3) is 28.3 Å². The summed E-state index contributed by atoms with van der Waals surface area (Å²) in [5, 5.41) is 0. The molecule has 2 aromatic heterocycles. The van der Waals surface area contributed by atoms with Gasteiger partial charge < -0.3 is 4.74 Å². The normalized spacial score (nSPS) is 11.1. The van der Waals surface area contributed by atoms with E-state index >= 15 is 0 Å². The molecule has 0 aliphatic rings. The lowest BCUT2D eigenvalue weighted by molar-refractivity contribution is 0.412. The SMILES string of the molecule is COc1ccc(-c2nc3nc(C)ccn3c2-c2ccc(SC)cc2)cc1C. The first kappa shape index (κ1) is 17.6. The summed E-state index contributed by atoms with van der Waals surface area (Å²) >= 11 is 1.74. The molecule has 0 aliphatic carbocycles. The maximum atomic E-state index is 5.41. The van der Waals surface area contributed by atoms with Gasteiger partial charge in [0.2, 0.25) is 5.78 Å². The third kappa shape index (κ3) is 3.19. The van der Waals surface area contributed by atoms with Crippen LogP contribution in [0.1, 0.15) is 11.3 Å². The number of aromatic nitrogens is 3. The van der Waals surface area contributed by atoms with Crippen molar-refractivity contribution < 1.29 is 4.74 Å². The van der Waals surface area contributed by atoms with Crippen molar-refractivity contribution in [2.75, 3.05) is 13.4 Å². The summed E-state index contributed by atoms with van der Waals surface area (Å²) in [5.41, 5.74) is 6.19. The molecule has 0 unspecified atom stereocenters. The van der Waals surface area contributed by atoms with Gasteiger partial charge in [-0.3, -0.25) is 4.40 Å². The van der Waals surface area contributed by atoms with Gasteiger partial charge in [0.1, 0.15) is 5.75 Å². The minimum atomic E-state index is 0.711. The van der Waals surface area contributed by atoms with Crippen LogP contribution < -0.4 is 4.74 Å². The van der Waals surface area contributed by atoms with E-state index in [1.54, 1.807) is 18.9 Å². The summed E-state index contributed by atoms with van der Waals surface area (Å²) in [4.78, 5) is 10.7. The Morgan fingerprint density at radius 2 is 1.67 bits per heavy atom. The van der Waals surface area contributed by atoms with Gasteiger partial charge in [-0.25, -0.2) is 9.97 Å². The van der Waals surface area contributed by atoms with Crippen LogP contribution in [0, 0.1) is 13.8 Å². The molecule has 0 saturated carbocycles. The maximum Gasteiger partial charge on any atom is 0.235 e. The van der Waals surface area contributed by atoms with Crippen molar-refractivity contribution in [2.24, 2.45) is 0 Å². The van der Waals surface area contributed by atoms with E-state index in [0.29, 0.717) is 5.78 Å².